The molecule has 4 rings (SSSR count). The Kier molecular flexibility index (Phi) is 9.73. The molecular formula is C26H32B2N4O4. The van der Waals surface area contributed by atoms with E-state index in [2.05, 4.69) is 51.3 Å². The second-order valence-electron chi connectivity index (χ2n) is 9.14. The van der Waals surface area contributed by atoms with Crippen LogP contribution in [-0.4, -0.2) is 50.9 Å². The summed E-state index contributed by atoms with van der Waals surface area (Å²) in [6.45, 7) is 6.78. The zero-order chi connectivity index (χ0) is 26.1. The first-order valence-corrected chi connectivity index (χ1v) is 12.3. The minimum absolute atomic E-state index is 0.190. The lowest BCUT2D eigenvalue weighted by Gasteiger charge is -2.26. The van der Waals surface area contributed by atoms with Crippen molar-refractivity contribution in [2.75, 3.05) is 16.8 Å². The van der Waals surface area contributed by atoms with Crippen LogP contribution in [0.2, 0.25) is 12.1 Å². The van der Waals surface area contributed by atoms with Gasteiger partial charge >= 0.3 is 6.03 Å². The van der Waals surface area contributed by atoms with Gasteiger partial charge < -0.3 is 5.32 Å². The van der Waals surface area contributed by atoms with Crippen LogP contribution in [0.3, 0.4) is 0 Å². The minimum Gasteiger partial charge on any atom is -0.374 e. The second-order valence-corrected chi connectivity index (χ2v) is 9.14. The maximum absolute atomic E-state index is 11.7. The summed E-state index contributed by atoms with van der Waals surface area (Å²) in [6.07, 6.45) is 2.27. The van der Waals surface area contributed by atoms with Crippen molar-refractivity contribution in [2.45, 2.75) is 58.2 Å². The maximum Gasteiger partial charge on any atom is 0.328 e. The summed E-state index contributed by atoms with van der Waals surface area (Å²) in [4.78, 5) is 47.0. The monoisotopic (exact) mass is 486 g/mol. The van der Waals surface area contributed by atoms with Crippen molar-refractivity contribution in [3.63, 3.8) is 0 Å². The molecule has 0 aromatic heterocycles. The number of piperidine rings is 1. The number of benzene rings is 2. The Balaban J connectivity index is 0.000000202. The van der Waals surface area contributed by atoms with Crippen molar-refractivity contribution < 1.29 is 19.2 Å². The maximum atomic E-state index is 11.7. The van der Waals surface area contributed by atoms with E-state index in [0.717, 1.165) is 28.6 Å². The summed E-state index contributed by atoms with van der Waals surface area (Å²) >= 11 is 0. The van der Waals surface area contributed by atoms with Crippen molar-refractivity contribution in [1.82, 2.24) is 10.6 Å². The van der Waals surface area contributed by atoms with Crippen molar-refractivity contribution in [1.29, 1.82) is 0 Å². The van der Waals surface area contributed by atoms with E-state index in [1.807, 2.05) is 48.5 Å². The molecule has 1 unspecified atom stereocenters. The third-order valence-electron chi connectivity index (χ3n) is 5.69. The largest absolute Gasteiger partial charge is 0.374 e. The molecular weight excluding hydrogens is 454 g/mol. The number of imide groups is 2. The van der Waals surface area contributed by atoms with Gasteiger partial charge in [-0.05, 0) is 30.7 Å². The Bertz CT molecular complexity index is 1090. The van der Waals surface area contributed by atoms with Crippen LogP contribution in [0.4, 0.5) is 16.2 Å². The molecule has 5 amide bonds. The molecule has 10 heteroatoms. The topological polar surface area (TPSA) is 108 Å². The first-order chi connectivity index (χ1) is 17.2. The Morgan fingerprint density at radius 2 is 1.69 bits per heavy atom. The summed E-state index contributed by atoms with van der Waals surface area (Å²) in [6, 6.07) is 15.0. The highest BCUT2D eigenvalue weighted by Gasteiger charge is 2.26. The van der Waals surface area contributed by atoms with Gasteiger partial charge in [0.05, 0.1) is 0 Å². The van der Waals surface area contributed by atoms with Crippen LogP contribution in [0, 0.1) is 0 Å². The van der Waals surface area contributed by atoms with Gasteiger partial charge in [0.1, 0.15) is 6.04 Å². The molecule has 36 heavy (non-hydrogen) atoms. The summed E-state index contributed by atoms with van der Waals surface area (Å²) in [5.41, 5.74) is 4.00. The van der Waals surface area contributed by atoms with E-state index in [1.165, 1.54) is 0 Å². The molecule has 2 saturated heterocycles. The SMILES string of the molecule is CC(C)[B]c1cccc(NC2CCC(=O)NC2=O)c1.CC[B]c1ccc(N2CCC(=O)NC2=O)cc1. The van der Waals surface area contributed by atoms with E-state index in [4.69, 9.17) is 0 Å². The summed E-state index contributed by atoms with van der Waals surface area (Å²) in [7, 11) is 4.28. The van der Waals surface area contributed by atoms with Gasteiger partial charge in [-0.3, -0.25) is 29.9 Å². The molecule has 2 aromatic carbocycles. The van der Waals surface area contributed by atoms with Gasteiger partial charge in [-0.2, -0.15) is 0 Å². The molecule has 0 bridgehead atoms. The van der Waals surface area contributed by atoms with Crippen LogP contribution >= 0.6 is 0 Å². The molecule has 2 radical (unpaired) electrons. The van der Waals surface area contributed by atoms with Crippen molar-refractivity contribution in [2.24, 2.45) is 0 Å². The normalized spacial score (nSPS) is 17.6. The second kappa shape index (κ2) is 13.0. The number of hydrogen-bond donors (Lipinski definition) is 3. The molecule has 2 aliphatic heterocycles. The van der Waals surface area contributed by atoms with E-state index in [0.29, 0.717) is 31.6 Å². The lowest BCUT2D eigenvalue weighted by Crippen LogP contribution is -2.49. The Hall–Kier alpha value is -3.55. The van der Waals surface area contributed by atoms with Crippen LogP contribution < -0.4 is 31.8 Å². The van der Waals surface area contributed by atoms with Gasteiger partial charge in [0.15, 0.2) is 14.6 Å². The standard InChI is InChI=1S/C14H18BN2O2.C12H14BN2O2/c1-9(2)15-10-4-3-5-11(8-10)16-12-6-7-13(18)17-14(12)19;1-2-13-9-3-5-10(6-4-9)15-8-7-11(16)14-12(15)17/h3-5,8-9,12,16H,6-7H2,1-2H3,(H,17,18,19);3-6H,2,7-8H2,1H3,(H,14,16,17). The molecule has 1 atom stereocenters. The molecule has 0 aliphatic carbocycles. The molecule has 8 nitrogen and oxygen atoms in total. The van der Waals surface area contributed by atoms with Gasteiger partial charge in [0, 0.05) is 30.8 Å². The third-order valence-corrected chi connectivity index (χ3v) is 5.69. The van der Waals surface area contributed by atoms with Gasteiger partial charge in [-0.1, -0.05) is 68.1 Å². The fourth-order valence-electron chi connectivity index (χ4n) is 3.99. The van der Waals surface area contributed by atoms with Crippen molar-refractivity contribution >= 4 is 60.6 Å². The van der Waals surface area contributed by atoms with Crippen molar-refractivity contribution in [3.8, 4) is 0 Å². The molecule has 2 aliphatic rings. The van der Waals surface area contributed by atoms with Gasteiger partial charge in [-0.25, -0.2) is 4.79 Å². The minimum atomic E-state index is -0.339. The number of nitrogens with one attached hydrogen (secondary N) is 3. The van der Waals surface area contributed by atoms with Crippen LogP contribution in [0.25, 0.3) is 0 Å². The molecule has 0 saturated carbocycles. The van der Waals surface area contributed by atoms with E-state index < -0.39 is 0 Å². The van der Waals surface area contributed by atoms with Crippen LogP contribution in [0.5, 0.6) is 0 Å². The number of hydrogen-bond acceptors (Lipinski definition) is 5. The highest BCUT2D eigenvalue weighted by Crippen LogP contribution is 2.15. The number of rotatable bonds is 7. The fourth-order valence-corrected chi connectivity index (χ4v) is 3.99. The smallest absolute Gasteiger partial charge is 0.328 e. The molecule has 2 heterocycles. The average Bonchev–Trinajstić information content (AvgIpc) is 2.82. The fraction of sp³-hybridized carbons (Fsp3) is 0.385. The molecule has 0 spiro atoms. The predicted octanol–water partition coefficient (Wildman–Crippen LogP) is 1.96. The van der Waals surface area contributed by atoms with Crippen LogP contribution in [0.15, 0.2) is 48.5 Å². The zero-order valence-corrected chi connectivity index (χ0v) is 21.0. The van der Waals surface area contributed by atoms with E-state index in [-0.39, 0.29) is 29.8 Å². The number of carbonyl (C=O) groups is 4. The van der Waals surface area contributed by atoms with Crippen molar-refractivity contribution in [3.05, 3.63) is 48.5 Å². The van der Waals surface area contributed by atoms with Gasteiger partial charge in [0.2, 0.25) is 17.7 Å². The number of anilines is 2. The highest BCUT2D eigenvalue weighted by atomic mass is 16.2. The highest BCUT2D eigenvalue weighted by molar-refractivity contribution is 6.55. The quantitative estimate of drug-likeness (QED) is 0.410. The van der Waals surface area contributed by atoms with Crippen LogP contribution in [-0.2, 0) is 14.4 Å². The van der Waals surface area contributed by atoms with E-state index >= 15 is 0 Å². The summed E-state index contributed by atoms with van der Waals surface area (Å²) in [5.74, 6) is -0.160. The van der Waals surface area contributed by atoms with Gasteiger partial charge in [0.25, 0.3) is 0 Å². The number of carbonyl (C=O) groups excluding carboxylic acids is 4. The van der Waals surface area contributed by atoms with Crippen LogP contribution in [0.1, 0.15) is 40.0 Å². The Morgan fingerprint density at radius 3 is 2.33 bits per heavy atom. The lowest BCUT2D eigenvalue weighted by atomic mass is 9.61. The zero-order valence-electron chi connectivity index (χ0n) is 21.0. The Labute approximate surface area is 214 Å². The van der Waals surface area contributed by atoms with Gasteiger partial charge in [-0.15, -0.1) is 0 Å². The predicted molar refractivity (Wildman–Crippen MR) is 145 cm³/mol. The molecule has 3 N–H and O–H groups in total. The first kappa shape index (κ1) is 27.0. The summed E-state index contributed by atoms with van der Waals surface area (Å²) in [5, 5.41) is 7.84. The summed E-state index contributed by atoms with van der Waals surface area (Å²) < 4.78 is 0. The molecule has 186 valence electrons. The Morgan fingerprint density at radius 1 is 0.972 bits per heavy atom. The molecule has 2 aromatic rings. The number of amides is 5. The van der Waals surface area contributed by atoms with E-state index in [9.17, 15) is 19.2 Å². The number of urea groups is 1. The first-order valence-electron chi connectivity index (χ1n) is 12.3. The third kappa shape index (κ3) is 8.00. The van der Waals surface area contributed by atoms with E-state index in [1.54, 1.807) is 4.90 Å². The number of nitrogens with zero attached hydrogens (tertiary/aromatic N) is 1. The average molecular weight is 486 g/mol. The lowest BCUT2D eigenvalue weighted by molar-refractivity contribution is -0.133. The molecule has 2 fully saturated rings.